The third-order valence-corrected chi connectivity index (χ3v) is 9.46. The Morgan fingerprint density at radius 1 is 1.13 bits per heavy atom. The van der Waals surface area contributed by atoms with Crippen molar-refractivity contribution in [1.29, 1.82) is 0 Å². The summed E-state index contributed by atoms with van der Waals surface area (Å²) >= 11 is 0. The van der Waals surface area contributed by atoms with E-state index in [1.165, 1.54) is 0 Å². The second-order valence-electron chi connectivity index (χ2n) is 9.53. The van der Waals surface area contributed by atoms with Crippen LogP contribution in [0.5, 0.6) is 0 Å². The average molecular weight is 344 g/mol. The molecule has 1 aliphatic rings. The highest BCUT2D eigenvalue weighted by Gasteiger charge is 2.43. The summed E-state index contributed by atoms with van der Waals surface area (Å²) < 4.78 is 12.2. The summed E-state index contributed by atoms with van der Waals surface area (Å²) in [5, 5.41) is 3.61. The van der Waals surface area contributed by atoms with E-state index in [2.05, 4.69) is 46.1 Å². The first-order valence-corrected chi connectivity index (χ1v) is 11.7. The maximum atomic E-state index is 12.2. The number of rotatable bonds is 4. The van der Waals surface area contributed by atoms with Crippen LogP contribution in [-0.2, 0) is 14.0 Å². The maximum absolute atomic E-state index is 12.2. The normalized spacial score (nSPS) is 26.9. The number of hydrogen-bond donors (Lipinski definition) is 1. The summed E-state index contributed by atoms with van der Waals surface area (Å²) in [5.74, 6) is 0.468. The number of nitrogens with one attached hydrogen (secondary N) is 1. The zero-order chi connectivity index (χ0) is 18.1. The molecule has 0 aromatic rings. The molecule has 1 heterocycles. The fourth-order valence-corrected chi connectivity index (χ4v) is 4.17. The van der Waals surface area contributed by atoms with Crippen molar-refractivity contribution in [3.8, 4) is 0 Å². The molecule has 0 saturated carbocycles. The van der Waals surface area contributed by atoms with Gasteiger partial charge in [0.05, 0.1) is 12.5 Å². The molecule has 4 nitrogen and oxygen atoms in total. The highest BCUT2D eigenvalue weighted by Crippen LogP contribution is 2.40. The van der Waals surface area contributed by atoms with Gasteiger partial charge in [0.2, 0.25) is 0 Å². The van der Waals surface area contributed by atoms with Gasteiger partial charge < -0.3 is 14.5 Å². The third kappa shape index (κ3) is 6.20. The fraction of sp³-hybridized carbons (Fsp3) is 0.944. The van der Waals surface area contributed by atoms with Gasteiger partial charge in [0.25, 0.3) is 0 Å². The Bertz CT molecular complexity index is 409. The van der Waals surface area contributed by atoms with Gasteiger partial charge in [-0.3, -0.25) is 4.79 Å². The van der Waals surface area contributed by atoms with Crippen LogP contribution in [0.15, 0.2) is 0 Å². The Morgan fingerprint density at radius 2 is 1.70 bits per heavy atom. The second-order valence-corrected chi connectivity index (χ2v) is 14.3. The predicted molar refractivity (Wildman–Crippen MR) is 98.1 cm³/mol. The minimum atomic E-state index is -1.85. The third-order valence-electron chi connectivity index (χ3n) is 4.98. The monoisotopic (exact) mass is 343 g/mol. The lowest BCUT2D eigenvalue weighted by Gasteiger charge is -2.45. The van der Waals surface area contributed by atoms with Crippen LogP contribution in [0.25, 0.3) is 0 Å². The van der Waals surface area contributed by atoms with E-state index in [4.69, 9.17) is 9.16 Å². The van der Waals surface area contributed by atoms with Gasteiger partial charge in [0.1, 0.15) is 5.60 Å². The highest BCUT2D eigenvalue weighted by molar-refractivity contribution is 6.74. The van der Waals surface area contributed by atoms with E-state index < -0.39 is 13.9 Å². The molecule has 0 amide bonds. The quantitative estimate of drug-likeness (QED) is 0.620. The second kappa shape index (κ2) is 7.24. The number of piperidine rings is 1. The zero-order valence-electron chi connectivity index (χ0n) is 16.6. The standard InChI is InChI=1S/C18H37NO3Si/c1-13-11-19-12-14(10-15(20)21-17(2,3)4)16(13)22-23(8,9)18(5,6)7/h13-14,16,19H,10-12H2,1-9H3/t13-,14+,16+/m0/s1. The van der Waals surface area contributed by atoms with E-state index in [9.17, 15) is 4.79 Å². The summed E-state index contributed by atoms with van der Waals surface area (Å²) in [6.45, 7) is 21.1. The summed E-state index contributed by atoms with van der Waals surface area (Å²) in [6, 6.07) is 0. The van der Waals surface area contributed by atoms with E-state index in [1.807, 2.05) is 20.8 Å². The molecule has 0 aromatic heterocycles. The number of ether oxygens (including phenoxy) is 1. The largest absolute Gasteiger partial charge is 0.460 e. The van der Waals surface area contributed by atoms with E-state index >= 15 is 0 Å². The van der Waals surface area contributed by atoms with Gasteiger partial charge in [0, 0.05) is 19.0 Å². The van der Waals surface area contributed by atoms with Crippen molar-refractivity contribution in [1.82, 2.24) is 5.32 Å². The van der Waals surface area contributed by atoms with Crippen molar-refractivity contribution in [3.05, 3.63) is 0 Å². The molecule has 23 heavy (non-hydrogen) atoms. The van der Waals surface area contributed by atoms with E-state index in [0.717, 1.165) is 13.1 Å². The van der Waals surface area contributed by atoms with Crippen LogP contribution in [0, 0.1) is 11.8 Å². The van der Waals surface area contributed by atoms with E-state index in [0.29, 0.717) is 12.3 Å². The van der Waals surface area contributed by atoms with Crippen molar-refractivity contribution in [2.45, 2.75) is 84.7 Å². The molecule has 1 saturated heterocycles. The minimum Gasteiger partial charge on any atom is -0.460 e. The first-order valence-electron chi connectivity index (χ1n) is 8.83. The lowest BCUT2D eigenvalue weighted by molar-refractivity contribution is -0.157. The molecule has 0 bridgehead atoms. The fourth-order valence-electron chi connectivity index (χ4n) is 2.71. The molecular formula is C18H37NO3Si. The SMILES string of the molecule is C[C@H]1CNC[C@@H](CC(=O)OC(C)(C)C)[C@@H]1O[Si](C)(C)C(C)(C)C. The zero-order valence-corrected chi connectivity index (χ0v) is 17.6. The van der Waals surface area contributed by atoms with Crippen molar-refractivity contribution < 1.29 is 14.0 Å². The number of carbonyl (C=O) groups is 1. The molecule has 1 N–H and O–H groups in total. The maximum Gasteiger partial charge on any atom is 0.306 e. The van der Waals surface area contributed by atoms with E-state index in [1.54, 1.807) is 0 Å². The van der Waals surface area contributed by atoms with Gasteiger partial charge in [-0.2, -0.15) is 0 Å². The van der Waals surface area contributed by atoms with Crippen LogP contribution in [-0.4, -0.2) is 39.1 Å². The summed E-state index contributed by atoms with van der Waals surface area (Å²) in [6.07, 6.45) is 0.554. The molecule has 0 aliphatic carbocycles. The van der Waals surface area contributed by atoms with Crippen LogP contribution < -0.4 is 5.32 Å². The van der Waals surface area contributed by atoms with Crippen molar-refractivity contribution in [2.75, 3.05) is 13.1 Å². The van der Waals surface area contributed by atoms with Crippen LogP contribution in [0.3, 0.4) is 0 Å². The molecule has 1 rings (SSSR count). The van der Waals surface area contributed by atoms with E-state index in [-0.39, 0.29) is 23.0 Å². The van der Waals surface area contributed by atoms with Gasteiger partial charge >= 0.3 is 5.97 Å². The van der Waals surface area contributed by atoms with Gasteiger partial charge in [-0.05, 0) is 44.8 Å². The Balaban J connectivity index is 2.82. The number of hydrogen-bond acceptors (Lipinski definition) is 4. The molecule has 0 radical (unpaired) electrons. The Morgan fingerprint density at radius 3 is 2.17 bits per heavy atom. The molecule has 1 aliphatic heterocycles. The van der Waals surface area contributed by atoms with Crippen LogP contribution >= 0.6 is 0 Å². The molecule has 136 valence electrons. The molecule has 0 aromatic carbocycles. The minimum absolute atomic E-state index is 0.123. The summed E-state index contributed by atoms with van der Waals surface area (Å²) in [5.41, 5.74) is -0.430. The van der Waals surface area contributed by atoms with Crippen molar-refractivity contribution in [3.63, 3.8) is 0 Å². The first-order chi connectivity index (χ1) is 10.2. The van der Waals surface area contributed by atoms with Crippen LogP contribution in [0.1, 0.15) is 54.9 Å². The molecule has 0 spiro atoms. The Kier molecular flexibility index (Phi) is 6.50. The Hall–Kier alpha value is -0.393. The molecule has 1 fully saturated rings. The molecule has 5 heteroatoms. The lowest BCUT2D eigenvalue weighted by Crippen LogP contribution is -2.54. The first kappa shape index (κ1) is 20.7. The van der Waals surface area contributed by atoms with Crippen molar-refractivity contribution >= 4 is 14.3 Å². The van der Waals surface area contributed by atoms with Crippen molar-refractivity contribution in [2.24, 2.45) is 11.8 Å². The van der Waals surface area contributed by atoms with Gasteiger partial charge in [-0.25, -0.2) is 0 Å². The molecule has 0 unspecified atom stereocenters. The average Bonchev–Trinajstić information content (AvgIpc) is 2.29. The number of carbonyl (C=O) groups excluding carboxylic acids is 1. The summed E-state index contributed by atoms with van der Waals surface area (Å²) in [4.78, 5) is 12.2. The lowest BCUT2D eigenvalue weighted by atomic mass is 9.86. The number of esters is 1. The predicted octanol–water partition coefficient (Wildman–Crippen LogP) is 3.96. The molecule has 3 atom stereocenters. The topological polar surface area (TPSA) is 47.6 Å². The summed E-state index contributed by atoms with van der Waals surface area (Å²) in [7, 11) is -1.85. The van der Waals surface area contributed by atoms with Gasteiger partial charge in [-0.15, -0.1) is 0 Å². The Labute approximate surface area is 143 Å². The van der Waals surface area contributed by atoms with Crippen LogP contribution in [0.4, 0.5) is 0 Å². The van der Waals surface area contributed by atoms with Gasteiger partial charge in [-0.1, -0.05) is 27.7 Å². The van der Waals surface area contributed by atoms with Gasteiger partial charge in [0.15, 0.2) is 8.32 Å². The molecular weight excluding hydrogens is 306 g/mol. The van der Waals surface area contributed by atoms with Crippen LogP contribution in [0.2, 0.25) is 18.1 Å². The highest BCUT2D eigenvalue weighted by atomic mass is 28.4. The smallest absolute Gasteiger partial charge is 0.306 e.